The van der Waals surface area contributed by atoms with Crippen LogP contribution >= 0.6 is 0 Å². The van der Waals surface area contributed by atoms with Crippen molar-refractivity contribution in [1.29, 1.82) is 0 Å². The van der Waals surface area contributed by atoms with E-state index in [1.54, 1.807) is 0 Å². The van der Waals surface area contributed by atoms with Crippen molar-refractivity contribution in [3.05, 3.63) is 52.1 Å². The maximum Gasteiger partial charge on any atom is 0.409 e. The molecule has 2 aromatic rings. The maximum atomic E-state index is 13.7. The van der Waals surface area contributed by atoms with Crippen molar-refractivity contribution in [3.8, 4) is 0 Å². The highest BCUT2D eigenvalue weighted by Gasteiger charge is 2.48. The van der Waals surface area contributed by atoms with E-state index in [9.17, 15) is 28.1 Å². The van der Waals surface area contributed by atoms with Crippen molar-refractivity contribution >= 4 is 22.4 Å². The van der Waals surface area contributed by atoms with E-state index in [4.69, 9.17) is 0 Å². The number of fused-ring (bicyclic) bond motifs is 1. The first-order valence-electron chi connectivity index (χ1n) is 7.08. The van der Waals surface area contributed by atoms with Crippen LogP contribution in [0.3, 0.4) is 0 Å². The van der Waals surface area contributed by atoms with Gasteiger partial charge in [-0.2, -0.15) is 13.2 Å². The van der Waals surface area contributed by atoms with Gasteiger partial charge in [-0.25, -0.2) is 5.01 Å². The highest BCUT2D eigenvalue weighted by molar-refractivity contribution is 5.94. The molecule has 0 spiro atoms. The lowest BCUT2D eigenvalue weighted by atomic mass is 9.96. The van der Waals surface area contributed by atoms with Gasteiger partial charge in [-0.1, -0.05) is 30.3 Å². The number of nitrogens with zero attached hydrogens (tertiary/aromatic N) is 2. The summed E-state index contributed by atoms with van der Waals surface area (Å²) in [5.41, 5.74) is 1.52. The van der Waals surface area contributed by atoms with E-state index in [0.29, 0.717) is 5.39 Å². The number of rotatable bonds is 3. The first-order valence-corrected chi connectivity index (χ1v) is 7.08. The van der Waals surface area contributed by atoms with Crippen LogP contribution in [0.1, 0.15) is 18.0 Å². The van der Waals surface area contributed by atoms with Crippen LogP contribution in [0.25, 0.3) is 10.8 Å². The molecule has 6 nitrogen and oxygen atoms in total. The summed E-state index contributed by atoms with van der Waals surface area (Å²) in [7, 11) is 0. The average molecular weight is 339 g/mol. The van der Waals surface area contributed by atoms with Gasteiger partial charge < -0.3 is 0 Å². The van der Waals surface area contributed by atoms with Gasteiger partial charge >= 0.3 is 6.18 Å². The third-order valence-electron chi connectivity index (χ3n) is 3.88. The number of carbonyl (C=O) groups excluding carboxylic acids is 1. The number of hydrogen-bond acceptors (Lipinski definition) is 4. The Balaban J connectivity index is 2.25. The fourth-order valence-corrected chi connectivity index (χ4v) is 2.94. The van der Waals surface area contributed by atoms with E-state index in [1.165, 1.54) is 36.4 Å². The molecule has 3 rings (SSSR count). The molecule has 9 heteroatoms. The minimum Gasteiger partial charge on any atom is -0.288 e. The molecule has 1 fully saturated rings. The van der Waals surface area contributed by atoms with Crippen LogP contribution in [-0.2, 0) is 4.79 Å². The van der Waals surface area contributed by atoms with Crippen LogP contribution < -0.4 is 5.43 Å². The molecule has 0 radical (unpaired) electrons. The quantitative estimate of drug-likeness (QED) is 0.689. The second-order valence-electron chi connectivity index (χ2n) is 5.40. The van der Waals surface area contributed by atoms with Crippen molar-refractivity contribution in [2.24, 2.45) is 0 Å². The molecule has 0 bridgehead atoms. The summed E-state index contributed by atoms with van der Waals surface area (Å²) >= 11 is 0. The van der Waals surface area contributed by atoms with Gasteiger partial charge in [0.1, 0.15) is 0 Å². The lowest BCUT2D eigenvalue weighted by Gasteiger charge is -2.30. The molecule has 0 aromatic heterocycles. The van der Waals surface area contributed by atoms with E-state index >= 15 is 0 Å². The van der Waals surface area contributed by atoms with Crippen LogP contribution in [0.4, 0.5) is 18.9 Å². The molecule has 24 heavy (non-hydrogen) atoms. The van der Waals surface area contributed by atoms with E-state index < -0.39 is 28.7 Å². The van der Waals surface area contributed by atoms with Gasteiger partial charge in [0, 0.05) is 19.0 Å². The number of nitro groups is 1. The van der Waals surface area contributed by atoms with Gasteiger partial charge in [-0.05, 0) is 10.9 Å². The van der Waals surface area contributed by atoms with Crippen molar-refractivity contribution in [2.75, 3.05) is 6.54 Å². The van der Waals surface area contributed by atoms with Gasteiger partial charge in [0.15, 0.2) is 6.04 Å². The van der Waals surface area contributed by atoms with E-state index in [1.807, 2.05) is 0 Å². The average Bonchev–Trinajstić information content (AvgIpc) is 2.91. The van der Waals surface area contributed by atoms with Crippen molar-refractivity contribution in [1.82, 2.24) is 10.4 Å². The normalized spacial score (nSPS) is 17.0. The van der Waals surface area contributed by atoms with Crippen LogP contribution in [0, 0.1) is 10.1 Å². The fraction of sp³-hybridized carbons (Fsp3) is 0.267. The Morgan fingerprint density at radius 2 is 1.88 bits per heavy atom. The molecule has 1 atom stereocenters. The highest BCUT2D eigenvalue weighted by Crippen LogP contribution is 2.42. The van der Waals surface area contributed by atoms with Gasteiger partial charge in [0.2, 0.25) is 5.91 Å². The Bertz CT molecular complexity index is 817. The Morgan fingerprint density at radius 1 is 1.21 bits per heavy atom. The number of amides is 1. The highest BCUT2D eigenvalue weighted by atomic mass is 19.4. The first kappa shape index (κ1) is 16.2. The molecule has 126 valence electrons. The van der Waals surface area contributed by atoms with Crippen LogP contribution in [0.2, 0.25) is 0 Å². The summed E-state index contributed by atoms with van der Waals surface area (Å²) in [6.07, 6.45) is -4.77. The van der Waals surface area contributed by atoms with Crippen molar-refractivity contribution in [2.45, 2.75) is 18.6 Å². The van der Waals surface area contributed by atoms with Gasteiger partial charge in [0.25, 0.3) is 5.69 Å². The summed E-state index contributed by atoms with van der Waals surface area (Å²) < 4.78 is 41.0. The van der Waals surface area contributed by atoms with Crippen LogP contribution in [0.5, 0.6) is 0 Å². The second-order valence-corrected chi connectivity index (χ2v) is 5.40. The largest absolute Gasteiger partial charge is 0.409 e. The van der Waals surface area contributed by atoms with Crippen molar-refractivity contribution in [3.63, 3.8) is 0 Å². The summed E-state index contributed by atoms with van der Waals surface area (Å²) in [6.45, 7) is -0.125. The Kier molecular flexibility index (Phi) is 3.88. The number of alkyl halides is 3. The number of carbonyl (C=O) groups is 1. The summed E-state index contributed by atoms with van der Waals surface area (Å²) in [4.78, 5) is 21.9. The first-order chi connectivity index (χ1) is 11.3. The lowest BCUT2D eigenvalue weighted by Crippen LogP contribution is -2.43. The Labute approximate surface area is 134 Å². The molecule has 1 aliphatic heterocycles. The number of benzene rings is 2. The second kappa shape index (κ2) is 5.75. The topological polar surface area (TPSA) is 75.5 Å². The zero-order valence-corrected chi connectivity index (χ0v) is 12.2. The van der Waals surface area contributed by atoms with Gasteiger partial charge in [0.05, 0.1) is 10.3 Å². The van der Waals surface area contributed by atoms with Crippen LogP contribution in [0.15, 0.2) is 36.4 Å². The molecular weight excluding hydrogens is 327 g/mol. The fourth-order valence-electron chi connectivity index (χ4n) is 2.94. The molecular formula is C15H12F3N3O3. The van der Waals surface area contributed by atoms with Crippen LogP contribution in [-0.4, -0.2) is 28.6 Å². The van der Waals surface area contributed by atoms with E-state index in [0.717, 1.165) is 5.01 Å². The number of non-ortho nitro benzene ring substituents is 1. The van der Waals surface area contributed by atoms with Gasteiger partial charge in [-0.15, -0.1) is 0 Å². The maximum absolute atomic E-state index is 13.7. The van der Waals surface area contributed by atoms with Crippen molar-refractivity contribution < 1.29 is 22.9 Å². The minimum absolute atomic E-state index is 0.0561. The summed E-state index contributed by atoms with van der Waals surface area (Å²) in [6, 6.07) is 6.08. The molecule has 1 amide bonds. The van der Waals surface area contributed by atoms with E-state index in [2.05, 4.69) is 5.43 Å². The molecule has 1 heterocycles. The number of hydrogen-bond donors (Lipinski definition) is 1. The molecule has 1 saturated heterocycles. The number of nitro benzene ring substituents is 1. The zero-order valence-electron chi connectivity index (χ0n) is 12.2. The molecule has 2 aromatic carbocycles. The number of hydrazine groups is 1. The molecule has 1 N–H and O–H groups in total. The SMILES string of the molecule is O=C1CCN([C@@H](c2cccc3cccc([N+](=O)[O-])c23)C(F)(F)F)N1. The lowest BCUT2D eigenvalue weighted by molar-refractivity contribution is -0.383. The van der Waals surface area contributed by atoms with E-state index in [-0.39, 0.29) is 23.9 Å². The zero-order chi connectivity index (χ0) is 17.5. The summed E-state index contributed by atoms with van der Waals surface area (Å²) in [5.74, 6) is -0.515. The molecule has 1 aliphatic rings. The predicted molar refractivity (Wildman–Crippen MR) is 78.9 cm³/mol. The predicted octanol–water partition coefficient (Wildman–Crippen LogP) is 3.09. The Hall–Kier alpha value is -2.68. The molecule has 0 unspecified atom stereocenters. The monoisotopic (exact) mass is 339 g/mol. The van der Waals surface area contributed by atoms with Gasteiger partial charge in [-0.3, -0.25) is 20.3 Å². The third kappa shape index (κ3) is 2.78. The molecule has 0 aliphatic carbocycles. The standard InChI is InChI=1S/C15H12F3N3O3/c16-15(17,18)14(20-8-7-12(22)19-20)10-5-1-3-9-4-2-6-11(13(9)10)21(23)24/h1-6,14H,7-8H2,(H,19,22)/t14-/m0/s1. The Morgan fingerprint density at radius 3 is 2.42 bits per heavy atom. The smallest absolute Gasteiger partial charge is 0.288 e. The summed E-state index contributed by atoms with van der Waals surface area (Å²) in [5, 5.41) is 12.3. The third-order valence-corrected chi connectivity index (χ3v) is 3.88. The number of nitrogens with one attached hydrogen (secondary N) is 1. The molecule has 0 saturated carbocycles. The minimum atomic E-state index is -4.71. The number of halogens is 3.